The molecular weight excluding hydrogens is 319 g/mol. The van der Waals surface area contributed by atoms with Gasteiger partial charge in [-0.3, -0.25) is 9.48 Å². The van der Waals surface area contributed by atoms with Crippen LogP contribution in [0.2, 0.25) is 0 Å². The van der Waals surface area contributed by atoms with Gasteiger partial charge in [-0.2, -0.15) is 5.10 Å². The van der Waals surface area contributed by atoms with Gasteiger partial charge in [0.1, 0.15) is 11.6 Å². The van der Waals surface area contributed by atoms with Crippen LogP contribution in [-0.4, -0.2) is 19.7 Å². The Labute approximate surface area is 144 Å². The second-order valence-corrected chi connectivity index (χ2v) is 6.76. The van der Waals surface area contributed by atoms with Crippen LogP contribution in [0.5, 0.6) is 0 Å². The standard InChI is InChI=1S/C19H19FN4O/c1-12-4-5-15(16(20)8-12)19(6-3-7-19)24-11-14(10-21-24)17-9-18(25)23-13(2)22-17/h4-5,8-11H,3,6-7H2,1-2H3,(H,22,23,25). The zero-order valence-electron chi connectivity index (χ0n) is 14.2. The van der Waals surface area contributed by atoms with Crippen molar-refractivity contribution in [1.29, 1.82) is 0 Å². The summed E-state index contributed by atoms with van der Waals surface area (Å²) < 4.78 is 16.4. The zero-order chi connectivity index (χ0) is 17.6. The fourth-order valence-electron chi connectivity index (χ4n) is 3.55. The SMILES string of the molecule is Cc1ccc(C2(n3cc(-c4cc(=O)[nH]c(C)n4)cn3)CCC2)c(F)c1. The molecule has 0 bridgehead atoms. The van der Waals surface area contributed by atoms with Crippen molar-refractivity contribution in [2.75, 3.05) is 0 Å². The van der Waals surface area contributed by atoms with Gasteiger partial charge in [0, 0.05) is 23.4 Å². The Hall–Kier alpha value is -2.76. The number of benzene rings is 1. The molecule has 3 aromatic rings. The summed E-state index contributed by atoms with van der Waals surface area (Å²) in [7, 11) is 0. The molecule has 5 nitrogen and oxygen atoms in total. The molecule has 1 saturated carbocycles. The van der Waals surface area contributed by atoms with E-state index in [1.165, 1.54) is 6.07 Å². The molecule has 0 amide bonds. The highest BCUT2D eigenvalue weighted by Crippen LogP contribution is 2.46. The smallest absolute Gasteiger partial charge is 0.251 e. The first-order valence-corrected chi connectivity index (χ1v) is 8.38. The van der Waals surface area contributed by atoms with Gasteiger partial charge in [-0.1, -0.05) is 12.1 Å². The Kier molecular flexibility index (Phi) is 3.56. The summed E-state index contributed by atoms with van der Waals surface area (Å²) in [5.74, 6) is 0.361. The van der Waals surface area contributed by atoms with Crippen LogP contribution < -0.4 is 5.56 Å². The van der Waals surface area contributed by atoms with Crippen molar-refractivity contribution in [3.05, 3.63) is 69.8 Å². The summed E-state index contributed by atoms with van der Waals surface area (Å²) in [6, 6.07) is 6.82. The lowest BCUT2D eigenvalue weighted by atomic mass is 9.71. The molecular formula is C19H19FN4O. The summed E-state index contributed by atoms with van der Waals surface area (Å²) in [5.41, 5.74) is 2.26. The maximum absolute atomic E-state index is 14.6. The Balaban J connectivity index is 1.78. The summed E-state index contributed by atoms with van der Waals surface area (Å²) in [6.07, 6.45) is 6.27. The Morgan fingerprint density at radius 1 is 1.24 bits per heavy atom. The number of aromatic nitrogens is 4. The lowest BCUT2D eigenvalue weighted by molar-refractivity contribution is 0.170. The fourth-order valence-corrected chi connectivity index (χ4v) is 3.55. The summed E-state index contributed by atoms with van der Waals surface area (Å²) in [6.45, 7) is 3.62. The predicted octanol–water partition coefficient (Wildman–Crippen LogP) is 3.32. The molecule has 1 aliphatic carbocycles. The molecule has 1 N–H and O–H groups in total. The van der Waals surface area contributed by atoms with Crippen LogP contribution in [0.1, 0.15) is 36.2 Å². The van der Waals surface area contributed by atoms with Crippen molar-refractivity contribution in [2.24, 2.45) is 0 Å². The molecule has 4 rings (SSSR count). The van der Waals surface area contributed by atoms with Crippen LogP contribution in [0.25, 0.3) is 11.3 Å². The van der Waals surface area contributed by atoms with Crippen molar-refractivity contribution >= 4 is 0 Å². The van der Waals surface area contributed by atoms with E-state index in [0.29, 0.717) is 17.1 Å². The van der Waals surface area contributed by atoms with Gasteiger partial charge in [-0.15, -0.1) is 0 Å². The van der Waals surface area contributed by atoms with Crippen molar-refractivity contribution in [1.82, 2.24) is 19.7 Å². The number of rotatable bonds is 3. The molecule has 0 saturated heterocycles. The van der Waals surface area contributed by atoms with Crippen molar-refractivity contribution < 1.29 is 4.39 Å². The number of aromatic amines is 1. The van der Waals surface area contributed by atoms with E-state index in [-0.39, 0.29) is 11.4 Å². The molecule has 0 aliphatic heterocycles. The predicted molar refractivity (Wildman–Crippen MR) is 92.9 cm³/mol. The molecule has 1 aliphatic rings. The third kappa shape index (κ3) is 2.58. The lowest BCUT2D eigenvalue weighted by Crippen LogP contribution is -2.42. The van der Waals surface area contributed by atoms with Gasteiger partial charge in [0.15, 0.2) is 0 Å². The van der Waals surface area contributed by atoms with E-state index in [4.69, 9.17) is 0 Å². The molecule has 2 heterocycles. The van der Waals surface area contributed by atoms with E-state index in [2.05, 4.69) is 15.1 Å². The normalized spacial score (nSPS) is 15.8. The third-order valence-corrected chi connectivity index (χ3v) is 4.98. The topological polar surface area (TPSA) is 63.6 Å². The number of hydrogen-bond donors (Lipinski definition) is 1. The van der Waals surface area contributed by atoms with Gasteiger partial charge in [-0.05, 0) is 44.7 Å². The summed E-state index contributed by atoms with van der Waals surface area (Å²) in [4.78, 5) is 18.7. The molecule has 128 valence electrons. The first-order valence-electron chi connectivity index (χ1n) is 8.38. The summed E-state index contributed by atoms with van der Waals surface area (Å²) in [5, 5.41) is 4.48. The van der Waals surface area contributed by atoms with Crippen molar-refractivity contribution in [3.8, 4) is 11.3 Å². The second-order valence-electron chi connectivity index (χ2n) is 6.76. The van der Waals surface area contributed by atoms with Crippen LogP contribution in [0, 0.1) is 19.7 Å². The molecule has 0 radical (unpaired) electrons. The van der Waals surface area contributed by atoms with Gasteiger partial charge in [0.25, 0.3) is 5.56 Å². The summed E-state index contributed by atoms with van der Waals surface area (Å²) >= 11 is 0. The van der Waals surface area contributed by atoms with E-state index < -0.39 is 5.54 Å². The van der Waals surface area contributed by atoms with Crippen molar-refractivity contribution in [2.45, 2.75) is 38.6 Å². The molecule has 25 heavy (non-hydrogen) atoms. The van der Waals surface area contributed by atoms with E-state index in [1.807, 2.05) is 29.9 Å². The molecule has 2 aromatic heterocycles. The van der Waals surface area contributed by atoms with Gasteiger partial charge in [-0.25, -0.2) is 9.37 Å². The quantitative estimate of drug-likeness (QED) is 0.797. The Bertz CT molecular complexity index is 1000. The number of hydrogen-bond acceptors (Lipinski definition) is 3. The molecule has 0 spiro atoms. The van der Waals surface area contributed by atoms with Crippen molar-refractivity contribution in [3.63, 3.8) is 0 Å². The highest BCUT2D eigenvalue weighted by Gasteiger charge is 2.43. The van der Waals surface area contributed by atoms with E-state index >= 15 is 0 Å². The minimum atomic E-state index is -0.452. The number of nitrogens with one attached hydrogen (secondary N) is 1. The minimum absolute atomic E-state index is 0.193. The number of H-pyrrole nitrogens is 1. The molecule has 0 unspecified atom stereocenters. The first-order chi connectivity index (χ1) is 12.0. The average molecular weight is 338 g/mol. The van der Waals surface area contributed by atoms with Gasteiger partial charge >= 0.3 is 0 Å². The highest BCUT2D eigenvalue weighted by molar-refractivity contribution is 5.56. The first kappa shape index (κ1) is 15.7. The van der Waals surface area contributed by atoms with Crippen LogP contribution >= 0.6 is 0 Å². The second kappa shape index (κ2) is 5.65. The minimum Gasteiger partial charge on any atom is -0.311 e. The molecule has 0 atom stereocenters. The van der Waals surface area contributed by atoms with Gasteiger partial charge < -0.3 is 4.98 Å². The average Bonchev–Trinajstić information content (AvgIpc) is 2.97. The molecule has 1 aromatic carbocycles. The number of nitrogens with zero attached hydrogens (tertiary/aromatic N) is 3. The fraction of sp³-hybridized carbons (Fsp3) is 0.316. The third-order valence-electron chi connectivity index (χ3n) is 4.98. The largest absolute Gasteiger partial charge is 0.311 e. The zero-order valence-corrected chi connectivity index (χ0v) is 14.2. The van der Waals surface area contributed by atoms with E-state index in [1.54, 1.807) is 19.2 Å². The van der Waals surface area contributed by atoms with E-state index in [0.717, 1.165) is 30.4 Å². The maximum atomic E-state index is 14.6. The monoisotopic (exact) mass is 338 g/mol. The van der Waals surface area contributed by atoms with Gasteiger partial charge in [0.05, 0.1) is 17.4 Å². The Morgan fingerprint density at radius 3 is 2.68 bits per heavy atom. The highest BCUT2D eigenvalue weighted by atomic mass is 19.1. The van der Waals surface area contributed by atoms with E-state index in [9.17, 15) is 9.18 Å². The number of aryl methyl sites for hydroxylation is 2. The van der Waals surface area contributed by atoms with Crippen LogP contribution in [0.15, 0.2) is 41.5 Å². The van der Waals surface area contributed by atoms with Crippen LogP contribution in [0.4, 0.5) is 4.39 Å². The molecule has 6 heteroatoms. The maximum Gasteiger partial charge on any atom is 0.251 e. The lowest BCUT2D eigenvalue weighted by Gasteiger charge is -2.42. The molecule has 1 fully saturated rings. The van der Waals surface area contributed by atoms with Gasteiger partial charge in [0.2, 0.25) is 0 Å². The van der Waals surface area contributed by atoms with Crippen LogP contribution in [0.3, 0.4) is 0 Å². The van der Waals surface area contributed by atoms with Crippen LogP contribution in [-0.2, 0) is 5.54 Å². The number of halogens is 1. The Morgan fingerprint density at radius 2 is 2.04 bits per heavy atom.